The van der Waals surface area contributed by atoms with Crippen LogP contribution in [0.1, 0.15) is 31.6 Å². The molecule has 0 spiro atoms. The Hall–Kier alpha value is -0.600. The van der Waals surface area contributed by atoms with E-state index in [1.165, 1.54) is 10.5 Å². The molecule has 1 aromatic heterocycles. The average molecular weight is 209 g/mol. The largest absolute Gasteiger partial charge is 0.330 e. The number of hydrogen-bond donors (Lipinski definition) is 1. The zero-order chi connectivity index (χ0) is 10.4. The molecule has 0 saturated carbocycles. The molecule has 0 aliphatic heterocycles. The topological polar surface area (TPSA) is 26.0 Å². The molecule has 0 bridgehead atoms. The van der Waals surface area contributed by atoms with E-state index in [9.17, 15) is 0 Å². The molecule has 2 heteroatoms. The van der Waals surface area contributed by atoms with Crippen LogP contribution >= 0.6 is 11.3 Å². The predicted octanol–water partition coefficient (Wildman–Crippen LogP) is 3.53. The van der Waals surface area contributed by atoms with Crippen molar-refractivity contribution in [3.05, 3.63) is 28.5 Å². The summed E-state index contributed by atoms with van der Waals surface area (Å²) in [4.78, 5) is 1.40. The molecule has 0 aliphatic rings. The van der Waals surface area contributed by atoms with Crippen LogP contribution in [0.3, 0.4) is 0 Å². The number of nitrogens with two attached hydrogens (primary N) is 1. The summed E-state index contributed by atoms with van der Waals surface area (Å²) in [5.41, 5.74) is 6.95. The van der Waals surface area contributed by atoms with Gasteiger partial charge in [-0.05, 0) is 42.3 Å². The molecule has 0 aromatic carbocycles. The van der Waals surface area contributed by atoms with Crippen LogP contribution in [0.2, 0.25) is 0 Å². The molecular formula is C12H19NS. The van der Waals surface area contributed by atoms with Crippen molar-refractivity contribution in [1.82, 2.24) is 0 Å². The fourth-order valence-electron chi connectivity index (χ4n) is 1.44. The quantitative estimate of drug-likeness (QED) is 0.738. The van der Waals surface area contributed by atoms with Crippen molar-refractivity contribution in [2.45, 2.75) is 26.7 Å². The Balaban J connectivity index is 2.70. The Kier molecular flexibility index (Phi) is 4.91. The molecule has 0 amide bonds. The molecule has 1 aromatic rings. The highest BCUT2D eigenvalue weighted by Gasteiger charge is 2.06. The second-order valence-corrected chi connectivity index (χ2v) is 4.67. The molecule has 0 fully saturated rings. The molecule has 14 heavy (non-hydrogen) atoms. The van der Waals surface area contributed by atoms with Crippen LogP contribution in [0, 0.1) is 5.92 Å². The Morgan fingerprint density at radius 3 is 2.86 bits per heavy atom. The Bertz CT molecular complexity index is 273. The van der Waals surface area contributed by atoms with Gasteiger partial charge < -0.3 is 5.73 Å². The molecule has 0 radical (unpaired) electrons. The van der Waals surface area contributed by atoms with E-state index in [4.69, 9.17) is 5.73 Å². The monoisotopic (exact) mass is 209 g/mol. The molecule has 0 aliphatic carbocycles. The van der Waals surface area contributed by atoms with Crippen LogP contribution < -0.4 is 5.73 Å². The highest BCUT2D eigenvalue weighted by atomic mass is 32.1. The second-order valence-electron chi connectivity index (χ2n) is 3.72. The van der Waals surface area contributed by atoms with E-state index in [1.54, 1.807) is 0 Å². The van der Waals surface area contributed by atoms with Crippen molar-refractivity contribution in [2.24, 2.45) is 11.7 Å². The minimum atomic E-state index is 0.603. The lowest BCUT2D eigenvalue weighted by atomic mass is 10.00. The van der Waals surface area contributed by atoms with Crippen LogP contribution in [0.5, 0.6) is 0 Å². The summed E-state index contributed by atoms with van der Waals surface area (Å²) < 4.78 is 0. The maximum Gasteiger partial charge on any atom is 0.0301 e. The van der Waals surface area contributed by atoms with Gasteiger partial charge in [0.15, 0.2) is 0 Å². The first-order chi connectivity index (χ1) is 6.75. The van der Waals surface area contributed by atoms with Crippen molar-refractivity contribution >= 4 is 16.9 Å². The van der Waals surface area contributed by atoms with Crippen molar-refractivity contribution in [2.75, 3.05) is 6.54 Å². The smallest absolute Gasteiger partial charge is 0.0301 e. The maximum absolute atomic E-state index is 5.48. The van der Waals surface area contributed by atoms with Gasteiger partial charge in [-0.1, -0.05) is 26.0 Å². The predicted molar refractivity (Wildman–Crippen MR) is 65.4 cm³/mol. The number of rotatable bonds is 5. The average Bonchev–Trinajstić information content (AvgIpc) is 2.64. The number of hydrogen-bond acceptors (Lipinski definition) is 2. The minimum Gasteiger partial charge on any atom is -0.330 e. The Morgan fingerprint density at radius 2 is 2.36 bits per heavy atom. The second kappa shape index (κ2) is 5.99. The van der Waals surface area contributed by atoms with Gasteiger partial charge in [-0.2, -0.15) is 0 Å². The number of unbranched alkanes of at least 4 members (excludes halogenated alkanes) is 1. The summed E-state index contributed by atoms with van der Waals surface area (Å²) in [6.07, 6.45) is 4.52. The van der Waals surface area contributed by atoms with Gasteiger partial charge in [-0.3, -0.25) is 0 Å². The lowest BCUT2D eigenvalue weighted by Crippen LogP contribution is -1.97. The molecular weight excluding hydrogens is 190 g/mol. The van der Waals surface area contributed by atoms with Gasteiger partial charge in [-0.25, -0.2) is 0 Å². The summed E-state index contributed by atoms with van der Waals surface area (Å²) >= 11 is 1.82. The van der Waals surface area contributed by atoms with E-state index in [0.29, 0.717) is 5.92 Å². The van der Waals surface area contributed by atoms with E-state index in [0.717, 1.165) is 19.4 Å². The number of thiophene rings is 1. The van der Waals surface area contributed by atoms with Gasteiger partial charge in [-0.15, -0.1) is 11.3 Å². The zero-order valence-corrected chi connectivity index (χ0v) is 9.81. The van der Waals surface area contributed by atoms with E-state index in [2.05, 4.69) is 37.4 Å². The summed E-state index contributed by atoms with van der Waals surface area (Å²) in [6.45, 7) is 5.27. The SMILES string of the molecule is CC(C)/C(=C\CCCN)c1cccs1. The van der Waals surface area contributed by atoms with Crippen LogP contribution in [0.15, 0.2) is 23.6 Å². The van der Waals surface area contributed by atoms with Crippen LogP contribution in [0.25, 0.3) is 5.57 Å². The third kappa shape index (κ3) is 3.28. The third-order valence-corrected chi connectivity index (χ3v) is 3.12. The standard InChI is InChI=1S/C12H19NS/c1-10(2)11(6-3-4-8-13)12-7-5-9-14-12/h5-7,9-10H,3-4,8,13H2,1-2H3/b11-6+. The van der Waals surface area contributed by atoms with Gasteiger partial charge in [0.2, 0.25) is 0 Å². The van der Waals surface area contributed by atoms with Crippen molar-refractivity contribution < 1.29 is 0 Å². The Morgan fingerprint density at radius 1 is 1.57 bits per heavy atom. The third-order valence-electron chi connectivity index (χ3n) is 2.20. The first-order valence-electron chi connectivity index (χ1n) is 5.19. The zero-order valence-electron chi connectivity index (χ0n) is 8.99. The van der Waals surface area contributed by atoms with E-state index < -0.39 is 0 Å². The van der Waals surface area contributed by atoms with Crippen LogP contribution in [-0.4, -0.2) is 6.54 Å². The van der Waals surface area contributed by atoms with Gasteiger partial charge >= 0.3 is 0 Å². The van der Waals surface area contributed by atoms with Gasteiger partial charge in [0.25, 0.3) is 0 Å². The first kappa shape index (κ1) is 11.5. The lowest BCUT2D eigenvalue weighted by molar-refractivity contribution is 0.826. The molecule has 2 N–H and O–H groups in total. The van der Waals surface area contributed by atoms with Crippen molar-refractivity contribution in [1.29, 1.82) is 0 Å². The first-order valence-corrected chi connectivity index (χ1v) is 6.07. The Labute approximate surface area is 90.6 Å². The summed E-state index contributed by atoms with van der Waals surface area (Å²) in [6, 6.07) is 4.30. The van der Waals surface area contributed by atoms with E-state index in [1.807, 2.05) is 11.3 Å². The summed E-state index contributed by atoms with van der Waals surface area (Å²) in [7, 11) is 0. The van der Waals surface area contributed by atoms with Crippen molar-refractivity contribution in [3.63, 3.8) is 0 Å². The minimum absolute atomic E-state index is 0.603. The summed E-state index contributed by atoms with van der Waals surface area (Å²) in [5.74, 6) is 0.603. The van der Waals surface area contributed by atoms with Crippen molar-refractivity contribution in [3.8, 4) is 0 Å². The fraction of sp³-hybridized carbons (Fsp3) is 0.500. The molecule has 0 unspecified atom stereocenters. The lowest BCUT2D eigenvalue weighted by Gasteiger charge is -2.09. The molecule has 0 saturated heterocycles. The normalized spacial score (nSPS) is 12.4. The molecule has 0 atom stereocenters. The van der Waals surface area contributed by atoms with Gasteiger partial charge in [0.05, 0.1) is 0 Å². The fourth-order valence-corrected chi connectivity index (χ4v) is 2.36. The number of allylic oxidation sites excluding steroid dienone is 2. The molecule has 1 heterocycles. The van der Waals surface area contributed by atoms with Gasteiger partial charge in [0.1, 0.15) is 0 Å². The molecule has 1 nitrogen and oxygen atoms in total. The van der Waals surface area contributed by atoms with Crippen LogP contribution in [-0.2, 0) is 0 Å². The molecule has 1 rings (SSSR count). The maximum atomic E-state index is 5.48. The van der Waals surface area contributed by atoms with Crippen LogP contribution in [0.4, 0.5) is 0 Å². The van der Waals surface area contributed by atoms with E-state index >= 15 is 0 Å². The highest BCUT2D eigenvalue weighted by Crippen LogP contribution is 2.27. The summed E-state index contributed by atoms with van der Waals surface area (Å²) in [5, 5.41) is 2.13. The van der Waals surface area contributed by atoms with Gasteiger partial charge in [0, 0.05) is 4.88 Å². The molecule has 78 valence electrons. The van der Waals surface area contributed by atoms with E-state index in [-0.39, 0.29) is 0 Å². The highest BCUT2D eigenvalue weighted by molar-refractivity contribution is 7.11.